The summed E-state index contributed by atoms with van der Waals surface area (Å²) in [6.07, 6.45) is 0. The van der Waals surface area contributed by atoms with Crippen molar-refractivity contribution in [2.45, 2.75) is 6.61 Å². The molecule has 1 heterocycles. The van der Waals surface area contributed by atoms with Gasteiger partial charge in [0.15, 0.2) is 12.4 Å². The molecule has 0 amide bonds. The van der Waals surface area contributed by atoms with Gasteiger partial charge in [-0.3, -0.25) is 0 Å². The van der Waals surface area contributed by atoms with Crippen LogP contribution in [-0.2, 0) is 11.3 Å². The number of ether oxygens (including phenoxy) is 1. The number of benzene rings is 1. The summed E-state index contributed by atoms with van der Waals surface area (Å²) in [5.74, 6) is -1.03. The molecule has 1 aromatic heterocycles. The maximum Gasteiger partial charge on any atom is 0.338 e. The summed E-state index contributed by atoms with van der Waals surface area (Å²) in [5, 5.41) is 0. The van der Waals surface area contributed by atoms with Gasteiger partial charge in [0.05, 0.1) is 5.56 Å². The van der Waals surface area contributed by atoms with Crippen molar-refractivity contribution in [3.8, 4) is 0 Å². The predicted molar refractivity (Wildman–Crippen MR) is 64.2 cm³/mol. The van der Waals surface area contributed by atoms with E-state index in [0.29, 0.717) is 0 Å². The predicted octanol–water partition coefficient (Wildman–Crippen LogP) is 0.532. The first-order chi connectivity index (χ1) is 9.04. The lowest BCUT2D eigenvalue weighted by Gasteiger charge is -2.04. The molecule has 0 radical (unpaired) electrons. The third-order valence-electron chi connectivity index (χ3n) is 2.13. The van der Waals surface area contributed by atoms with Crippen LogP contribution in [0.3, 0.4) is 0 Å². The Bertz CT molecular complexity index is 582. The van der Waals surface area contributed by atoms with Crippen LogP contribution in [0.4, 0.5) is 16.3 Å². The summed E-state index contributed by atoms with van der Waals surface area (Å²) in [5.41, 5.74) is 11.0. The van der Waals surface area contributed by atoms with Crippen LogP contribution in [0, 0.1) is 5.82 Å². The van der Waals surface area contributed by atoms with Crippen LogP contribution in [0.15, 0.2) is 24.3 Å². The molecule has 4 N–H and O–H groups in total. The molecule has 0 aliphatic carbocycles. The number of rotatable bonds is 3. The number of hydrogen-bond acceptors (Lipinski definition) is 7. The summed E-state index contributed by atoms with van der Waals surface area (Å²) >= 11 is 0. The number of anilines is 2. The number of halogens is 1. The quantitative estimate of drug-likeness (QED) is 0.775. The van der Waals surface area contributed by atoms with Crippen LogP contribution >= 0.6 is 0 Å². The second kappa shape index (κ2) is 5.25. The van der Waals surface area contributed by atoms with Crippen LogP contribution in [0.2, 0.25) is 0 Å². The van der Waals surface area contributed by atoms with Gasteiger partial charge in [-0.25, -0.2) is 9.18 Å². The lowest BCUT2D eigenvalue weighted by Crippen LogP contribution is -2.11. The molecule has 19 heavy (non-hydrogen) atoms. The summed E-state index contributed by atoms with van der Waals surface area (Å²) in [7, 11) is 0. The van der Waals surface area contributed by atoms with Crippen LogP contribution in [0.5, 0.6) is 0 Å². The molecule has 98 valence electrons. The van der Waals surface area contributed by atoms with Gasteiger partial charge < -0.3 is 16.2 Å². The van der Waals surface area contributed by atoms with E-state index in [1.165, 1.54) is 12.1 Å². The fourth-order valence-electron chi connectivity index (χ4n) is 1.32. The molecule has 0 fully saturated rings. The minimum absolute atomic E-state index is 0.0552. The monoisotopic (exact) mass is 263 g/mol. The van der Waals surface area contributed by atoms with Gasteiger partial charge in [0.1, 0.15) is 5.82 Å². The van der Waals surface area contributed by atoms with Crippen molar-refractivity contribution in [2.24, 2.45) is 0 Å². The molecule has 0 aliphatic heterocycles. The Kier molecular flexibility index (Phi) is 3.51. The van der Waals surface area contributed by atoms with Crippen LogP contribution in [0.25, 0.3) is 0 Å². The van der Waals surface area contributed by atoms with Gasteiger partial charge in [-0.1, -0.05) is 0 Å². The van der Waals surface area contributed by atoms with E-state index >= 15 is 0 Å². The average molecular weight is 263 g/mol. The van der Waals surface area contributed by atoms with E-state index in [0.717, 1.165) is 12.1 Å². The fraction of sp³-hybridized carbons (Fsp3) is 0.0909. The zero-order valence-electron chi connectivity index (χ0n) is 9.71. The number of aromatic nitrogens is 3. The zero-order valence-corrected chi connectivity index (χ0v) is 9.71. The summed E-state index contributed by atoms with van der Waals surface area (Å²) in [4.78, 5) is 22.7. The number of nitrogen functional groups attached to an aromatic ring is 2. The van der Waals surface area contributed by atoms with Crippen molar-refractivity contribution in [3.63, 3.8) is 0 Å². The molecule has 7 nitrogen and oxygen atoms in total. The Hall–Kier alpha value is -2.77. The molecule has 2 aromatic rings. The fourth-order valence-corrected chi connectivity index (χ4v) is 1.32. The van der Waals surface area contributed by atoms with E-state index in [1.807, 2.05) is 0 Å². The summed E-state index contributed by atoms with van der Waals surface area (Å²) in [6.45, 7) is -0.201. The van der Waals surface area contributed by atoms with E-state index in [1.54, 1.807) is 0 Å². The molecule has 0 unspecified atom stereocenters. The van der Waals surface area contributed by atoms with E-state index in [-0.39, 0.29) is 29.9 Å². The minimum Gasteiger partial charge on any atom is -0.454 e. The van der Waals surface area contributed by atoms with Gasteiger partial charge in [-0.15, -0.1) is 0 Å². The second-order valence-electron chi connectivity index (χ2n) is 3.55. The molecular formula is C11H10FN5O2. The first-order valence-corrected chi connectivity index (χ1v) is 5.23. The summed E-state index contributed by atoms with van der Waals surface area (Å²) in [6, 6.07) is 4.95. The van der Waals surface area contributed by atoms with E-state index in [9.17, 15) is 9.18 Å². The van der Waals surface area contributed by atoms with Crippen molar-refractivity contribution < 1.29 is 13.9 Å². The van der Waals surface area contributed by atoms with E-state index in [2.05, 4.69) is 15.0 Å². The molecule has 0 saturated heterocycles. The van der Waals surface area contributed by atoms with Crippen molar-refractivity contribution in [1.29, 1.82) is 0 Å². The number of esters is 1. The van der Waals surface area contributed by atoms with E-state index in [4.69, 9.17) is 16.2 Å². The van der Waals surface area contributed by atoms with Gasteiger partial charge in [0.25, 0.3) is 0 Å². The Morgan fingerprint density at radius 1 is 1.11 bits per heavy atom. The largest absolute Gasteiger partial charge is 0.454 e. The molecule has 0 bridgehead atoms. The van der Waals surface area contributed by atoms with Crippen molar-refractivity contribution in [3.05, 3.63) is 41.5 Å². The standard InChI is InChI=1S/C11H10FN5O2/c12-7-3-1-6(2-4-7)9(18)19-5-8-15-10(13)17-11(14)16-8/h1-4H,5H2,(H4,13,14,15,16,17). The number of nitrogens with two attached hydrogens (primary N) is 2. The van der Waals surface area contributed by atoms with Gasteiger partial charge in [0.2, 0.25) is 11.9 Å². The number of hydrogen-bond donors (Lipinski definition) is 2. The lowest BCUT2D eigenvalue weighted by atomic mass is 10.2. The third kappa shape index (κ3) is 3.35. The minimum atomic E-state index is -0.627. The Balaban J connectivity index is 2.02. The highest BCUT2D eigenvalue weighted by Gasteiger charge is 2.09. The molecule has 8 heteroatoms. The highest BCUT2D eigenvalue weighted by atomic mass is 19.1. The molecule has 2 rings (SSSR count). The zero-order chi connectivity index (χ0) is 13.8. The van der Waals surface area contributed by atoms with E-state index < -0.39 is 11.8 Å². The molecule has 0 aliphatic rings. The number of carbonyl (C=O) groups excluding carboxylic acids is 1. The average Bonchev–Trinajstić information content (AvgIpc) is 2.36. The van der Waals surface area contributed by atoms with Gasteiger partial charge in [-0.2, -0.15) is 15.0 Å². The van der Waals surface area contributed by atoms with Crippen molar-refractivity contribution in [1.82, 2.24) is 15.0 Å². The highest BCUT2D eigenvalue weighted by Crippen LogP contribution is 2.06. The SMILES string of the molecule is Nc1nc(N)nc(COC(=O)c2ccc(F)cc2)n1. The maximum absolute atomic E-state index is 12.7. The summed E-state index contributed by atoms with van der Waals surface area (Å²) < 4.78 is 17.6. The Labute approximate surface area is 107 Å². The topological polar surface area (TPSA) is 117 Å². The number of carbonyl (C=O) groups is 1. The smallest absolute Gasteiger partial charge is 0.338 e. The Morgan fingerprint density at radius 2 is 1.68 bits per heavy atom. The molecule has 0 spiro atoms. The lowest BCUT2D eigenvalue weighted by molar-refractivity contribution is 0.0462. The molecule has 0 atom stereocenters. The first kappa shape index (κ1) is 12.7. The van der Waals surface area contributed by atoms with Gasteiger partial charge in [0, 0.05) is 0 Å². The Morgan fingerprint density at radius 3 is 2.26 bits per heavy atom. The van der Waals surface area contributed by atoms with Gasteiger partial charge >= 0.3 is 5.97 Å². The van der Waals surface area contributed by atoms with Crippen LogP contribution in [-0.4, -0.2) is 20.9 Å². The molecule has 1 aromatic carbocycles. The van der Waals surface area contributed by atoms with Crippen molar-refractivity contribution >= 4 is 17.9 Å². The van der Waals surface area contributed by atoms with Crippen molar-refractivity contribution in [2.75, 3.05) is 11.5 Å². The molecular weight excluding hydrogens is 253 g/mol. The van der Waals surface area contributed by atoms with Crippen LogP contribution < -0.4 is 11.5 Å². The number of nitrogens with zero attached hydrogens (tertiary/aromatic N) is 3. The molecule has 0 saturated carbocycles. The maximum atomic E-state index is 12.7. The first-order valence-electron chi connectivity index (χ1n) is 5.23. The normalized spacial score (nSPS) is 10.2. The third-order valence-corrected chi connectivity index (χ3v) is 2.13. The highest BCUT2D eigenvalue weighted by molar-refractivity contribution is 5.89. The van der Waals surface area contributed by atoms with Gasteiger partial charge in [-0.05, 0) is 24.3 Å². The van der Waals surface area contributed by atoms with Crippen LogP contribution in [0.1, 0.15) is 16.2 Å². The second-order valence-corrected chi connectivity index (χ2v) is 3.55.